The lowest BCUT2D eigenvalue weighted by molar-refractivity contribution is -0.120. The molecule has 0 aliphatic heterocycles. The maximum atomic E-state index is 12.0. The molecule has 0 heterocycles. The molecular weight excluding hydrogens is 302 g/mol. The molecule has 1 aromatic carbocycles. The van der Waals surface area contributed by atoms with Gasteiger partial charge in [-0.1, -0.05) is 30.3 Å². The Labute approximate surface area is 136 Å². The third-order valence-corrected chi connectivity index (χ3v) is 3.92. The predicted octanol–water partition coefficient (Wildman–Crippen LogP) is 2.60. The van der Waals surface area contributed by atoms with E-state index in [-0.39, 0.29) is 16.7 Å². The van der Waals surface area contributed by atoms with Crippen LogP contribution >= 0.6 is 24.0 Å². The summed E-state index contributed by atoms with van der Waals surface area (Å²) in [4.78, 5) is 12.0. The minimum Gasteiger partial charge on any atom is -0.357 e. The second-order valence-corrected chi connectivity index (χ2v) is 7.49. The van der Waals surface area contributed by atoms with Crippen molar-refractivity contribution in [2.45, 2.75) is 44.2 Å². The van der Waals surface area contributed by atoms with E-state index in [1.807, 2.05) is 45.9 Å². The largest absolute Gasteiger partial charge is 0.357 e. The van der Waals surface area contributed by atoms with Crippen molar-refractivity contribution >= 4 is 35.0 Å². The number of hydrogen-bond donors (Lipinski definition) is 3. The molecule has 0 radical (unpaired) electrons. The molecule has 1 aromatic rings. The average molecular weight is 326 g/mol. The standard InChI is InChI=1S/C15H23N3OS2/c1-11(21-10-12-8-6-5-7-9-12)13(19)17-18-14(20)16-15(2,3)4/h5-9,11H,10H2,1-4H3,(H,17,19)(H2,16,18,20). The Kier molecular flexibility index (Phi) is 6.98. The molecule has 3 N–H and O–H groups in total. The number of nitrogens with one attached hydrogen (secondary N) is 3. The topological polar surface area (TPSA) is 53.2 Å². The Balaban J connectivity index is 2.30. The fourth-order valence-corrected chi connectivity index (χ4v) is 2.67. The Hall–Kier alpha value is -1.27. The number of hydrogen-bond acceptors (Lipinski definition) is 3. The van der Waals surface area contributed by atoms with Crippen molar-refractivity contribution < 1.29 is 4.79 Å². The van der Waals surface area contributed by atoms with Gasteiger partial charge in [-0.2, -0.15) is 0 Å². The highest BCUT2D eigenvalue weighted by Gasteiger charge is 2.15. The van der Waals surface area contributed by atoms with Gasteiger partial charge in [0.25, 0.3) is 5.91 Å². The van der Waals surface area contributed by atoms with Crippen molar-refractivity contribution in [3.05, 3.63) is 35.9 Å². The molecule has 0 bridgehead atoms. The summed E-state index contributed by atoms with van der Waals surface area (Å²) in [6.45, 7) is 7.88. The molecule has 6 heteroatoms. The average Bonchev–Trinajstić information content (AvgIpc) is 2.41. The Morgan fingerprint density at radius 1 is 1.24 bits per heavy atom. The number of amides is 1. The van der Waals surface area contributed by atoms with E-state index in [2.05, 4.69) is 28.3 Å². The van der Waals surface area contributed by atoms with Gasteiger partial charge in [-0.15, -0.1) is 11.8 Å². The fourth-order valence-electron chi connectivity index (χ4n) is 1.46. The van der Waals surface area contributed by atoms with Crippen LogP contribution in [-0.2, 0) is 10.5 Å². The molecule has 1 atom stereocenters. The van der Waals surface area contributed by atoms with Gasteiger partial charge >= 0.3 is 0 Å². The smallest absolute Gasteiger partial charge is 0.251 e. The van der Waals surface area contributed by atoms with E-state index in [1.165, 1.54) is 5.56 Å². The van der Waals surface area contributed by atoms with E-state index in [1.54, 1.807) is 11.8 Å². The van der Waals surface area contributed by atoms with Crippen molar-refractivity contribution in [3.8, 4) is 0 Å². The van der Waals surface area contributed by atoms with Crippen LogP contribution in [0, 0.1) is 0 Å². The van der Waals surface area contributed by atoms with Crippen molar-refractivity contribution in [1.82, 2.24) is 16.2 Å². The van der Waals surface area contributed by atoms with Gasteiger partial charge in [-0.05, 0) is 45.5 Å². The van der Waals surface area contributed by atoms with E-state index in [9.17, 15) is 4.79 Å². The lowest BCUT2D eigenvalue weighted by Crippen LogP contribution is -2.53. The molecular formula is C15H23N3OS2. The molecule has 116 valence electrons. The maximum Gasteiger partial charge on any atom is 0.251 e. The Bertz CT molecular complexity index is 472. The SMILES string of the molecule is CC(SCc1ccccc1)C(=O)NNC(=S)NC(C)(C)C. The van der Waals surface area contributed by atoms with Crippen LogP contribution in [0.15, 0.2) is 30.3 Å². The summed E-state index contributed by atoms with van der Waals surface area (Å²) >= 11 is 6.69. The van der Waals surface area contributed by atoms with Gasteiger partial charge in [0.1, 0.15) is 0 Å². The van der Waals surface area contributed by atoms with Gasteiger partial charge in [0, 0.05) is 11.3 Å². The van der Waals surface area contributed by atoms with E-state index in [0.29, 0.717) is 5.11 Å². The quantitative estimate of drug-likeness (QED) is 0.587. The molecule has 0 fully saturated rings. The maximum absolute atomic E-state index is 12.0. The Morgan fingerprint density at radius 3 is 2.43 bits per heavy atom. The van der Waals surface area contributed by atoms with Gasteiger partial charge in [0.2, 0.25) is 0 Å². The van der Waals surface area contributed by atoms with E-state index in [0.717, 1.165) is 5.75 Å². The van der Waals surface area contributed by atoms with E-state index >= 15 is 0 Å². The normalized spacial score (nSPS) is 12.4. The monoisotopic (exact) mass is 325 g/mol. The van der Waals surface area contributed by atoms with Crippen LogP contribution in [0.4, 0.5) is 0 Å². The number of thioether (sulfide) groups is 1. The summed E-state index contributed by atoms with van der Waals surface area (Å²) in [5, 5.41) is 3.33. The first kappa shape index (κ1) is 17.8. The number of thiocarbonyl (C=S) groups is 1. The van der Waals surface area contributed by atoms with Crippen LogP contribution in [0.3, 0.4) is 0 Å². The third kappa shape index (κ3) is 7.92. The molecule has 0 aliphatic carbocycles. The number of carbonyl (C=O) groups is 1. The minimum absolute atomic E-state index is 0.0889. The summed E-state index contributed by atoms with van der Waals surface area (Å²) in [6.07, 6.45) is 0. The fraction of sp³-hybridized carbons (Fsp3) is 0.467. The molecule has 1 rings (SSSR count). The summed E-state index contributed by atoms with van der Waals surface area (Å²) in [5.74, 6) is 0.717. The molecule has 21 heavy (non-hydrogen) atoms. The number of hydrazine groups is 1. The highest BCUT2D eigenvalue weighted by Crippen LogP contribution is 2.17. The lowest BCUT2D eigenvalue weighted by atomic mass is 10.1. The molecule has 0 spiro atoms. The van der Waals surface area contributed by atoms with Crippen LogP contribution in [0.2, 0.25) is 0 Å². The summed E-state index contributed by atoms with van der Waals surface area (Å²) in [5.41, 5.74) is 6.43. The third-order valence-electron chi connectivity index (χ3n) is 2.50. The van der Waals surface area contributed by atoms with Crippen molar-refractivity contribution in [2.75, 3.05) is 0 Å². The van der Waals surface area contributed by atoms with Crippen LogP contribution in [0.1, 0.15) is 33.3 Å². The van der Waals surface area contributed by atoms with Gasteiger partial charge < -0.3 is 5.32 Å². The summed E-state index contributed by atoms with van der Waals surface area (Å²) < 4.78 is 0. The number of carbonyl (C=O) groups excluding carboxylic acids is 1. The number of rotatable bonds is 4. The van der Waals surface area contributed by atoms with Crippen molar-refractivity contribution in [3.63, 3.8) is 0 Å². The van der Waals surface area contributed by atoms with Crippen LogP contribution < -0.4 is 16.2 Å². The lowest BCUT2D eigenvalue weighted by Gasteiger charge is -2.23. The first-order valence-corrected chi connectivity index (χ1v) is 8.27. The molecule has 1 amide bonds. The van der Waals surface area contributed by atoms with Crippen LogP contribution in [0.5, 0.6) is 0 Å². The minimum atomic E-state index is -0.157. The highest BCUT2D eigenvalue weighted by atomic mass is 32.2. The zero-order chi connectivity index (χ0) is 15.9. The first-order valence-electron chi connectivity index (χ1n) is 6.81. The van der Waals surface area contributed by atoms with Gasteiger partial charge in [-0.25, -0.2) is 0 Å². The second kappa shape index (κ2) is 8.24. The van der Waals surface area contributed by atoms with Crippen LogP contribution in [-0.4, -0.2) is 21.8 Å². The van der Waals surface area contributed by atoms with Gasteiger partial charge in [0.15, 0.2) is 5.11 Å². The van der Waals surface area contributed by atoms with Gasteiger partial charge in [0.05, 0.1) is 5.25 Å². The molecule has 4 nitrogen and oxygen atoms in total. The highest BCUT2D eigenvalue weighted by molar-refractivity contribution is 7.99. The molecule has 0 saturated carbocycles. The zero-order valence-corrected chi connectivity index (χ0v) is 14.5. The predicted molar refractivity (Wildman–Crippen MR) is 94.0 cm³/mol. The van der Waals surface area contributed by atoms with Crippen molar-refractivity contribution in [1.29, 1.82) is 0 Å². The van der Waals surface area contributed by atoms with E-state index in [4.69, 9.17) is 12.2 Å². The number of benzene rings is 1. The Morgan fingerprint density at radius 2 is 1.86 bits per heavy atom. The van der Waals surface area contributed by atoms with Crippen LogP contribution in [0.25, 0.3) is 0 Å². The van der Waals surface area contributed by atoms with E-state index < -0.39 is 0 Å². The molecule has 1 unspecified atom stereocenters. The molecule has 0 saturated heterocycles. The molecule has 0 aromatic heterocycles. The second-order valence-electron chi connectivity index (χ2n) is 5.76. The summed E-state index contributed by atoms with van der Waals surface area (Å²) in [7, 11) is 0. The summed E-state index contributed by atoms with van der Waals surface area (Å²) in [6, 6.07) is 10.1. The zero-order valence-electron chi connectivity index (χ0n) is 12.9. The first-order chi connectivity index (χ1) is 9.78. The molecule has 0 aliphatic rings. The van der Waals surface area contributed by atoms with Gasteiger partial charge in [-0.3, -0.25) is 15.6 Å². The van der Waals surface area contributed by atoms with Crippen molar-refractivity contribution in [2.24, 2.45) is 0 Å².